The van der Waals surface area contributed by atoms with Crippen molar-refractivity contribution in [3.05, 3.63) is 47.8 Å². The number of fused-ring (bicyclic) bond motifs is 1. The fourth-order valence-corrected chi connectivity index (χ4v) is 2.39. The first-order valence-corrected chi connectivity index (χ1v) is 6.31. The lowest BCUT2D eigenvalue weighted by Gasteiger charge is -2.27. The van der Waals surface area contributed by atoms with Crippen LogP contribution in [-0.4, -0.2) is 37.1 Å². The van der Waals surface area contributed by atoms with Gasteiger partial charge in [0.1, 0.15) is 5.82 Å². The Labute approximate surface area is 110 Å². The number of rotatable bonds is 1. The molecule has 1 aliphatic heterocycles. The van der Waals surface area contributed by atoms with Crippen molar-refractivity contribution in [2.75, 3.05) is 26.3 Å². The Bertz CT molecular complexity index is 621. The van der Waals surface area contributed by atoms with Gasteiger partial charge in [0, 0.05) is 24.0 Å². The van der Waals surface area contributed by atoms with Gasteiger partial charge in [-0.25, -0.2) is 4.39 Å². The van der Waals surface area contributed by atoms with Gasteiger partial charge in [0.25, 0.3) is 5.91 Å². The summed E-state index contributed by atoms with van der Waals surface area (Å²) in [7, 11) is 0. The van der Waals surface area contributed by atoms with E-state index in [4.69, 9.17) is 4.74 Å². The van der Waals surface area contributed by atoms with E-state index in [-0.39, 0.29) is 11.7 Å². The molecule has 0 N–H and O–H groups in total. The summed E-state index contributed by atoms with van der Waals surface area (Å²) in [5.41, 5.74) is 0.555. The highest BCUT2D eigenvalue weighted by Crippen LogP contribution is 2.23. The number of morpholine rings is 1. The third kappa shape index (κ3) is 2.19. The molecule has 4 heteroatoms. The Morgan fingerprint density at radius 2 is 1.74 bits per heavy atom. The number of hydrogen-bond donors (Lipinski definition) is 0. The summed E-state index contributed by atoms with van der Waals surface area (Å²) in [6.45, 7) is 2.30. The van der Waals surface area contributed by atoms with Crippen LogP contribution >= 0.6 is 0 Å². The third-order valence-electron chi connectivity index (χ3n) is 3.40. The van der Waals surface area contributed by atoms with Crippen molar-refractivity contribution in [1.82, 2.24) is 4.90 Å². The first kappa shape index (κ1) is 12.1. The van der Waals surface area contributed by atoms with Gasteiger partial charge in [0.05, 0.1) is 13.2 Å². The Morgan fingerprint density at radius 1 is 1.05 bits per heavy atom. The maximum atomic E-state index is 13.7. The molecule has 1 heterocycles. The molecule has 98 valence electrons. The predicted molar refractivity (Wildman–Crippen MR) is 70.6 cm³/mol. The molecule has 0 bridgehead atoms. The Morgan fingerprint density at radius 3 is 2.47 bits per heavy atom. The second-order valence-corrected chi connectivity index (χ2v) is 4.55. The lowest BCUT2D eigenvalue weighted by atomic mass is 10.0. The fraction of sp³-hybridized carbons (Fsp3) is 0.267. The van der Waals surface area contributed by atoms with Gasteiger partial charge in [0.2, 0.25) is 0 Å². The van der Waals surface area contributed by atoms with Gasteiger partial charge < -0.3 is 9.64 Å². The highest BCUT2D eigenvalue weighted by Gasteiger charge is 2.20. The van der Waals surface area contributed by atoms with Crippen LogP contribution in [0, 0.1) is 5.82 Å². The normalized spacial score (nSPS) is 15.7. The van der Waals surface area contributed by atoms with Gasteiger partial charge in [0.15, 0.2) is 0 Å². The summed E-state index contributed by atoms with van der Waals surface area (Å²) in [5, 5.41) is 1.15. The lowest BCUT2D eigenvalue weighted by molar-refractivity contribution is 0.0304. The van der Waals surface area contributed by atoms with Gasteiger partial charge in [-0.05, 0) is 17.5 Å². The number of carbonyl (C=O) groups excluding carboxylic acids is 1. The molecule has 3 rings (SSSR count). The molecule has 0 unspecified atom stereocenters. The number of carbonyl (C=O) groups is 1. The molecule has 3 nitrogen and oxygen atoms in total. The van der Waals surface area contributed by atoms with Crippen LogP contribution in [0.15, 0.2) is 36.4 Å². The second kappa shape index (κ2) is 4.97. The van der Waals surface area contributed by atoms with E-state index in [0.717, 1.165) is 0 Å². The van der Waals surface area contributed by atoms with Crippen LogP contribution in [0.3, 0.4) is 0 Å². The number of benzene rings is 2. The highest BCUT2D eigenvalue weighted by molar-refractivity contribution is 6.07. The van der Waals surface area contributed by atoms with Crippen molar-refractivity contribution in [3.8, 4) is 0 Å². The molecule has 2 aromatic rings. The Hall–Kier alpha value is -1.94. The van der Waals surface area contributed by atoms with Crippen LogP contribution in [0.1, 0.15) is 10.4 Å². The van der Waals surface area contributed by atoms with Crippen molar-refractivity contribution in [2.24, 2.45) is 0 Å². The smallest absolute Gasteiger partial charge is 0.254 e. The molecule has 1 amide bonds. The molecular formula is C15H14FNO2. The van der Waals surface area contributed by atoms with Crippen molar-refractivity contribution >= 4 is 16.7 Å². The summed E-state index contributed by atoms with van der Waals surface area (Å²) in [6.07, 6.45) is 0. The van der Waals surface area contributed by atoms with E-state index in [1.54, 1.807) is 29.2 Å². The number of ether oxygens (including phenoxy) is 1. The molecule has 0 aromatic heterocycles. The van der Waals surface area contributed by atoms with Crippen LogP contribution in [-0.2, 0) is 4.74 Å². The van der Waals surface area contributed by atoms with Crippen LogP contribution in [0.4, 0.5) is 4.39 Å². The molecule has 1 fully saturated rings. The minimum absolute atomic E-state index is 0.0560. The maximum absolute atomic E-state index is 13.7. The van der Waals surface area contributed by atoms with Crippen molar-refractivity contribution in [2.45, 2.75) is 0 Å². The van der Waals surface area contributed by atoms with E-state index in [2.05, 4.69) is 0 Å². The zero-order chi connectivity index (χ0) is 13.2. The summed E-state index contributed by atoms with van der Waals surface area (Å²) in [6, 6.07) is 9.99. The zero-order valence-corrected chi connectivity index (χ0v) is 10.4. The molecular weight excluding hydrogens is 245 g/mol. The first-order valence-electron chi connectivity index (χ1n) is 6.31. The molecule has 19 heavy (non-hydrogen) atoms. The minimum atomic E-state index is -0.297. The molecule has 2 aromatic carbocycles. The highest BCUT2D eigenvalue weighted by atomic mass is 19.1. The molecule has 0 atom stereocenters. The predicted octanol–water partition coefficient (Wildman–Crippen LogP) is 2.45. The largest absolute Gasteiger partial charge is 0.378 e. The summed E-state index contributed by atoms with van der Waals surface area (Å²) < 4.78 is 19.0. The van der Waals surface area contributed by atoms with Crippen LogP contribution < -0.4 is 0 Å². The van der Waals surface area contributed by atoms with Crippen LogP contribution in [0.5, 0.6) is 0 Å². The average molecular weight is 259 g/mol. The van der Waals surface area contributed by atoms with Gasteiger partial charge in [-0.1, -0.05) is 24.3 Å². The number of amides is 1. The van der Waals surface area contributed by atoms with Crippen molar-refractivity contribution < 1.29 is 13.9 Å². The van der Waals surface area contributed by atoms with Gasteiger partial charge in [-0.2, -0.15) is 0 Å². The van der Waals surface area contributed by atoms with Gasteiger partial charge in [-0.3, -0.25) is 4.79 Å². The van der Waals surface area contributed by atoms with E-state index < -0.39 is 0 Å². The molecule has 1 saturated heterocycles. The second-order valence-electron chi connectivity index (χ2n) is 4.55. The van der Waals surface area contributed by atoms with E-state index >= 15 is 0 Å². The summed E-state index contributed by atoms with van der Waals surface area (Å²) in [4.78, 5) is 14.2. The Kier molecular flexibility index (Phi) is 3.17. The van der Waals surface area contributed by atoms with Crippen LogP contribution in [0.2, 0.25) is 0 Å². The quantitative estimate of drug-likeness (QED) is 0.787. The summed E-state index contributed by atoms with van der Waals surface area (Å²) in [5.74, 6) is -0.353. The van der Waals surface area contributed by atoms with Crippen molar-refractivity contribution in [3.63, 3.8) is 0 Å². The van der Waals surface area contributed by atoms with E-state index in [0.29, 0.717) is 42.6 Å². The number of hydrogen-bond acceptors (Lipinski definition) is 2. The molecule has 0 radical (unpaired) electrons. The Balaban J connectivity index is 2.05. The van der Waals surface area contributed by atoms with Gasteiger partial charge in [-0.15, -0.1) is 0 Å². The van der Waals surface area contributed by atoms with Crippen molar-refractivity contribution in [1.29, 1.82) is 0 Å². The SMILES string of the molecule is O=C(c1ccc(F)c2ccccc12)N1CCOCC1. The summed E-state index contributed by atoms with van der Waals surface area (Å²) >= 11 is 0. The number of halogens is 1. The fourth-order valence-electron chi connectivity index (χ4n) is 2.39. The third-order valence-corrected chi connectivity index (χ3v) is 3.40. The lowest BCUT2D eigenvalue weighted by Crippen LogP contribution is -2.40. The molecule has 1 aliphatic rings. The van der Waals surface area contributed by atoms with Gasteiger partial charge >= 0.3 is 0 Å². The van der Waals surface area contributed by atoms with E-state index in [9.17, 15) is 9.18 Å². The zero-order valence-electron chi connectivity index (χ0n) is 10.4. The monoisotopic (exact) mass is 259 g/mol. The van der Waals surface area contributed by atoms with Crippen LogP contribution in [0.25, 0.3) is 10.8 Å². The first-order chi connectivity index (χ1) is 9.27. The standard InChI is InChI=1S/C15H14FNO2/c16-14-6-5-13(11-3-1-2-4-12(11)14)15(18)17-7-9-19-10-8-17/h1-6H,7-10H2. The van der Waals surface area contributed by atoms with E-state index in [1.807, 2.05) is 6.07 Å². The molecule has 0 saturated carbocycles. The molecule has 0 aliphatic carbocycles. The molecule has 0 spiro atoms. The topological polar surface area (TPSA) is 29.5 Å². The minimum Gasteiger partial charge on any atom is -0.378 e. The number of nitrogens with zero attached hydrogens (tertiary/aromatic N) is 1. The average Bonchev–Trinajstić information content (AvgIpc) is 2.48. The van der Waals surface area contributed by atoms with E-state index in [1.165, 1.54) is 6.07 Å². The maximum Gasteiger partial charge on any atom is 0.254 e.